The molecule has 38 heavy (non-hydrogen) atoms. The maximum absolute atomic E-state index is 12.8. The zero-order valence-electron chi connectivity index (χ0n) is 24.2. The molecule has 6 nitrogen and oxygen atoms in total. The number of nitrogens with one attached hydrogen (secondary N) is 2. The van der Waals surface area contributed by atoms with Crippen LogP contribution in [0, 0.1) is 0 Å². The van der Waals surface area contributed by atoms with Gasteiger partial charge in [0.25, 0.3) is 0 Å². The minimum absolute atomic E-state index is 0.0874. The fourth-order valence-electron chi connectivity index (χ4n) is 6.66. The summed E-state index contributed by atoms with van der Waals surface area (Å²) in [6, 6.07) is 14.9. The standard InChI is InChI=1S/C32H44N2O4/c1-29(2)17-25(18-30(3,4)33-29)37-27(35)23-13-9-21(10-14-23)22-11-15-24(16-12-22)28(36)38-26-19-31(5,6)34-32(7,8)20-26/h9-16,25-26,33-34H,17-20H2,1-8H3. The fourth-order valence-corrected chi connectivity index (χ4v) is 6.66. The maximum Gasteiger partial charge on any atom is 0.338 e. The first-order valence-electron chi connectivity index (χ1n) is 13.7. The molecule has 206 valence electrons. The number of carbonyl (C=O) groups is 2. The molecule has 2 saturated heterocycles. The molecule has 2 aliphatic heterocycles. The van der Waals surface area contributed by atoms with Crippen molar-refractivity contribution in [1.82, 2.24) is 10.6 Å². The average Bonchev–Trinajstić information content (AvgIpc) is 2.75. The molecule has 2 fully saturated rings. The van der Waals surface area contributed by atoms with Gasteiger partial charge in [0, 0.05) is 47.8 Å². The number of esters is 2. The smallest absolute Gasteiger partial charge is 0.338 e. The predicted molar refractivity (Wildman–Crippen MR) is 151 cm³/mol. The molecule has 0 atom stereocenters. The van der Waals surface area contributed by atoms with Crippen molar-refractivity contribution in [3.63, 3.8) is 0 Å². The number of rotatable bonds is 5. The number of benzene rings is 2. The van der Waals surface area contributed by atoms with Crippen molar-refractivity contribution in [2.75, 3.05) is 0 Å². The summed E-state index contributed by atoms with van der Waals surface area (Å²) in [6.07, 6.45) is 2.87. The first-order chi connectivity index (χ1) is 17.5. The van der Waals surface area contributed by atoms with E-state index in [0.717, 1.165) is 36.8 Å². The highest BCUT2D eigenvalue weighted by Gasteiger charge is 2.40. The highest BCUT2D eigenvalue weighted by atomic mass is 16.5. The molecule has 0 spiro atoms. The molecule has 4 rings (SSSR count). The van der Waals surface area contributed by atoms with Gasteiger partial charge in [-0.1, -0.05) is 24.3 Å². The van der Waals surface area contributed by atoms with E-state index in [1.165, 1.54) is 0 Å². The lowest BCUT2D eigenvalue weighted by Gasteiger charge is -2.45. The molecular formula is C32H44N2O4. The Balaban J connectivity index is 1.37. The van der Waals surface area contributed by atoms with Gasteiger partial charge in [-0.25, -0.2) is 9.59 Å². The molecule has 2 heterocycles. The molecule has 0 radical (unpaired) electrons. The zero-order chi connectivity index (χ0) is 27.9. The van der Waals surface area contributed by atoms with Crippen molar-refractivity contribution in [3.8, 4) is 11.1 Å². The lowest BCUT2D eigenvalue weighted by atomic mass is 9.81. The van der Waals surface area contributed by atoms with Gasteiger partial charge in [-0.3, -0.25) is 0 Å². The van der Waals surface area contributed by atoms with Crippen LogP contribution < -0.4 is 10.6 Å². The van der Waals surface area contributed by atoms with E-state index in [0.29, 0.717) is 11.1 Å². The molecule has 2 aromatic rings. The predicted octanol–water partition coefficient (Wildman–Crippen LogP) is 6.29. The Labute approximate surface area is 227 Å². The van der Waals surface area contributed by atoms with Crippen LogP contribution in [-0.4, -0.2) is 46.3 Å². The van der Waals surface area contributed by atoms with E-state index in [1.807, 2.05) is 24.3 Å². The summed E-state index contributed by atoms with van der Waals surface area (Å²) in [7, 11) is 0. The number of ether oxygens (including phenoxy) is 2. The van der Waals surface area contributed by atoms with Crippen molar-refractivity contribution in [2.45, 2.75) is 115 Å². The second-order valence-corrected chi connectivity index (χ2v) is 13.8. The number of piperidine rings is 2. The van der Waals surface area contributed by atoms with Gasteiger partial charge in [-0.05, 0) is 90.8 Å². The third-order valence-electron chi connectivity index (χ3n) is 7.43. The van der Waals surface area contributed by atoms with Crippen molar-refractivity contribution in [2.24, 2.45) is 0 Å². The Morgan fingerprint density at radius 3 is 1.08 bits per heavy atom. The summed E-state index contributed by atoms with van der Waals surface area (Å²) in [4.78, 5) is 25.7. The lowest BCUT2D eigenvalue weighted by Crippen LogP contribution is -2.59. The minimum Gasteiger partial charge on any atom is -0.459 e. The molecule has 0 bridgehead atoms. The fraction of sp³-hybridized carbons (Fsp3) is 0.562. The van der Waals surface area contributed by atoms with Gasteiger partial charge >= 0.3 is 11.9 Å². The summed E-state index contributed by atoms with van der Waals surface area (Å²) in [6.45, 7) is 17.1. The quantitative estimate of drug-likeness (QED) is 0.452. The SMILES string of the molecule is CC1(C)CC(OC(=O)c2ccc(-c3ccc(C(=O)OC4CC(C)(C)NC(C)(C)C4)cc3)cc2)CC(C)(C)N1. The van der Waals surface area contributed by atoms with Gasteiger partial charge < -0.3 is 20.1 Å². The molecule has 0 aromatic heterocycles. The molecular weight excluding hydrogens is 476 g/mol. The van der Waals surface area contributed by atoms with E-state index in [-0.39, 0.29) is 46.3 Å². The van der Waals surface area contributed by atoms with E-state index >= 15 is 0 Å². The van der Waals surface area contributed by atoms with Gasteiger partial charge in [-0.15, -0.1) is 0 Å². The van der Waals surface area contributed by atoms with E-state index in [9.17, 15) is 9.59 Å². The zero-order valence-corrected chi connectivity index (χ0v) is 24.2. The van der Waals surface area contributed by atoms with Gasteiger partial charge in [0.15, 0.2) is 0 Å². The largest absolute Gasteiger partial charge is 0.459 e. The van der Waals surface area contributed by atoms with Crippen LogP contribution in [0.5, 0.6) is 0 Å². The summed E-state index contributed by atoms with van der Waals surface area (Å²) >= 11 is 0. The van der Waals surface area contributed by atoms with Crippen molar-refractivity contribution in [3.05, 3.63) is 59.7 Å². The van der Waals surface area contributed by atoms with Gasteiger partial charge in [0.1, 0.15) is 12.2 Å². The van der Waals surface area contributed by atoms with E-state index < -0.39 is 0 Å². The minimum atomic E-state index is -0.294. The van der Waals surface area contributed by atoms with Crippen LogP contribution in [0.2, 0.25) is 0 Å². The van der Waals surface area contributed by atoms with Crippen LogP contribution in [0.1, 0.15) is 102 Å². The normalized spacial score (nSPS) is 22.4. The third kappa shape index (κ3) is 7.23. The van der Waals surface area contributed by atoms with Crippen molar-refractivity contribution < 1.29 is 19.1 Å². The number of hydrogen-bond donors (Lipinski definition) is 2. The topological polar surface area (TPSA) is 76.7 Å². The van der Waals surface area contributed by atoms with Crippen LogP contribution in [0.15, 0.2) is 48.5 Å². The first kappa shape index (κ1) is 28.3. The monoisotopic (exact) mass is 520 g/mol. The van der Waals surface area contributed by atoms with Crippen molar-refractivity contribution in [1.29, 1.82) is 0 Å². The molecule has 2 aromatic carbocycles. The number of carbonyl (C=O) groups excluding carboxylic acids is 2. The Kier molecular flexibility index (Phi) is 7.54. The highest BCUT2D eigenvalue weighted by molar-refractivity contribution is 5.91. The van der Waals surface area contributed by atoms with Gasteiger partial charge in [-0.2, -0.15) is 0 Å². The average molecular weight is 521 g/mol. The van der Waals surface area contributed by atoms with Gasteiger partial charge in [0.2, 0.25) is 0 Å². The Hall–Kier alpha value is -2.70. The Morgan fingerprint density at radius 1 is 0.553 bits per heavy atom. The molecule has 6 heteroatoms. The van der Waals surface area contributed by atoms with Crippen molar-refractivity contribution >= 4 is 11.9 Å². The van der Waals surface area contributed by atoms with E-state index in [2.05, 4.69) is 66.0 Å². The first-order valence-corrected chi connectivity index (χ1v) is 13.7. The summed E-state index contributed by atoms with van der Waals surface area (Å²) in [5, 5.41) is 7.23. The maximum atomic E-state index is 12.8. The summed E-state index contributed by atoms with van der Waals surface area (Å²) in [5.74, 6) is -0.588. The molecule has 0 saturated carbocycles. The number of hydrogen-bond acceptors (Lipinski definition) is 6. The van der Waals surface area contributed by atoms with Crippen LogP contribution in [0.3, 0.4) is 0 Å². The van der Waals surface area contributed by atoms with Crippen LogP contribution in [0.25, 0.3) is 11.1 Å². The van der Waals surface area contributed by atoms with E-state index in [1.54, 1.807) is 24.3 Å². The second-order valence-electron chi connectivity index (χ2n) is 13.8. The summed E-state index contributed by atoms with van der Waals surface area (Å²) in [5.41, 5.74) is 2.66. The molecule has 2 N–H and O–H groups in total. The van der Waals surface area contributed by atoms with Crippen LogP contribution in [0.4, 0.5) is 0 Å². The third-order valence-corrected chi connectivity index (χ3v) is 7.43. The Morgan fingerprint density at radius 2 is 0.816 bits per heavy atom. The summed E-state index contributed by atoms with van der Waals surface area (Å²) < 4.78 is 11.8. The molecule has 0 amide bonds. The second kappa shape index (κ2) is 10.1. The Bertz CT molecular complexity index is 1040. The van der Waals surface area contributed by atoms with Crippen LogP contribution >= 0.6 is 0 Å². The lowest BCUT2D eigenvalue weighted by molar-refractivity contribution is -0.00766. The van der Waals surface area contributed by atoms with Crippen LogP contribution in [-0.2, 0) is 9.47 Å². The molecule has 0 aliphatic carbocycles. The van der Waals surface area contributed by atoms with E-state index in [4.69, 9.17) is 9.47 Å². The molecule has 0 unspecified atom stereocenters. The highest BCUT2D eigenvalue weighted by Crippen LogP contribution is 2.32. The molecule has 2 aliphatic rings. The van der Waals surface area contributed by atoms with Gasteiger partial charge in [0.05, 0.1) is 11.1 Å².